The highest BCUT2D eigenvalue weighted by atomic mass is 16.5. The van der Waals surface area contributed by atoms with Crippen LogP contribution in [-0.4, -0.2) is 35.6 Å². The van der Waals surface area contributed by atoms with Crippen LogP contribution >= 0.6 is 0 Å². The van der Waals surface area contributed by atoms with Gasteiger partial charge in [0, 0.05) is 18.8 Å². The second-order valence-electron chi connectivity index (χ2n) is 4.46. The van der Waals surface area contributed by atoms with Crippen molar-refractivity contribution in [2.75, 3.05) is 19.6 Å². The number of ether oxygens (including phenoxy) is 1. The zero-order valence-electron chi connectivity index (χ0n) is 8.80. The van der Waals surface area contributed by atoms with Crippen LogP contribution in [0.2, 0.25) is 0 Å². The van der Waals surface area contributed by atoms with Gasteiger partial charge in [-0.15, -0.1) is 0 Å². The Morgan fingerprint density at radius 1 is 1.27 bits per heavy atom. The van der Waals surface area contributed by atoms with Crippen LogP contribution in [0.4, 0.5) is 0 Å². The Morgan fingerprint density at radius 3 is 2.73 bits per heavy atom. The Morgan fingerprint density at radius 2 is 2.13 bits per heavy atom. The van der Waals surface area contributed by atoms with E-state index in [9.17, 15) is 0 Å². The first kappa shape index (κ1) is 9.16. The summed E-state index contributed by atoms with van der Waals surface area (Å²) in [6.45, 7) is 3.60. The molecule has 0 aromatic carbocycles. The molecular formula is C12H16N2O. The average molecular weight is 204 g/mol. The fourth-order valence-corrected chi connectivity index (χ4v) is 2.62. The maximum absolute atomic E-state index is 5.94. The molecule has 3 heteroatoms. The molecule has 1 aromatic heterocycles. The van der Waals surface area contributed by atoms with Crippen LogP contribution in [0.1, 0.15) is 12.8 Å². The van der Waals surface area contributed by atoms with E-state index in [1.165, 1.54) is 25.9 Å². The second kappa shape index (κ2) is 3.81. The molecule has 2 bridgehead atoms. The largest absolute Gasteiger partial charge is 0.473 e. The number of hydrogen-bond donors (Lipinski definition) is 0. The van der Waals surface area contributed by atoms with Crippen molar-refractivity contribution >= 4 is 0 Å². The van der Waals surface area contributed by atoms with Crippen LogP contribution < -0.4 is 4.74 Å². The van der Waals surface area contributed by atoms with Crippen molar-refractivity contribution in [2.45, 2.75) is 18.9 Å². The highest BCUT2D eigenvalue weighted by Crippen LogP contribution is 2.29. The third kappa shape index (κ3) is 1.84. The van der Waals surface area contributed by atoms with Crippen molar-refractivity contribution in [1.82, 2.24) is 9.88 Å². The van der Waals surface area contributed by atoms with E-state index in [0.29, 0.717) is 6.10 Å². The third-order valence-electron chi connectivity index (χ3n) is 3.51. The fourth-order valence-electron chi connectivity index (χ4n) is 2.62. The summed E-state index contributed by atoms with van der Waals surface area (Å²) in [5.74, 6) is 1.52. The van der Waals surface area contributed by atoms with Gasteiger partial charge >= 0.3 is 0 Å². The molecule has 0 spiro atoms. The lowest BCUT2D eigenvalue weighted by atomic mass is 9.86. The SMILES string of the molecule is c1ccc(OC2CN3CCC2CC3)nc1. The van der Waals surface area contributed by atoms with Gasteiger partial charge in [0.1, 0.15) is 6.10 Å². The van der Waals surface area contributed by atoms with E-state index in [0.717, 1.165) is 18.3 Å². The van der Waals surface area contributed by atoms with Gasteiger partial charge in [0.2, 0.25) is 5.88 Å². The van der Waals surface area contributed by atoms with Crippen molar-refractivity contribution < 1.29 is 4.74 Å². The second-order valence-corrected chi connectivity index (χ2v) is 4.46. The van der Waals surface area contributed by atoms with Crippen LogP contribution in [0.5, 0.6) is 5.88 Å². The molecule has 3 fully saturated rings. The summed E-state index contributed by atoms with van der Waals surface area (Å²) in [6, 6.07) is 5.84. The first-order valence-electron chi connectivity index (χ1n) is 5.72. The minimum Gasteiger partial charge on any atom is -0.473 e. The molecule has 0 N–H and O–H groups in total. The van der Waals surface area contributed by atoms with E-state index < -0.39 is 0 Å². The predicted molar refractivity (Wildman–Crippen MR) is 57.8 cm³/mol. The lowest BCUT2D eigenvalue weighted by molar-refractivity contribution is -0.00992. The van der Waals surface area contributed by atoms with Crippen molar-refractivity contribution in [3.05, 3.63) is 24.4 Å². The summed E-state index contributed by atoms with van der Waals surface area (Å²) < 4.78 is 5.94. The number of piperidine rings is 3. The quantitative estimate of drug-likeness (QED) is 0.731. The molecule has 1 atom stereocenters. The summed E-state index contributed by atoms with van der Waals surface area (Å²) >= 11 is 0. The van der Waals surface area contributed by atoms with Gasteiger partial charge in [-0.1, -0.05) is 6.07 Å². The number of fused-ring (bicyclic) bond motifs is 3. The van der Waals surface area contributed by atoms with E-state index in [2.05, 4.69) is 9.88 Å². The maximum atomic E-state index is 5.94. The van der Waals surface area contributed by atoms with Crippen LogP contribution in [0.3, 0.4) is 0 Å². The Labute approximate surface area is 90.1 Å². The molecule has 1 unspecified atom stereocenters. The monoisotopic (exact) mass is 204 g/mol. The molecular weight excluding hydrogens is 188 g/mol. The topological polar surface area (TPSA) is 25.4 Å². The first-order valence-corrected chi connectivity index (χ1v) is 5.72. The maximum Gasteiger partial charge on any atom is 0.213 e. The number of pyridine rings is 1. The molecule has 0 aliphatic carbocycles. The van der Waals surface area contributed by atoms with E-state index in [-0.39, 0.29) is 0 Å². The Kier molecular flexibility index (Phi) is 2.33. The first-order chi connectivity index (χ1) is 7.42. The van der Waals surface area contributed by atoms with Gasteiger partial charge in [0.25, 0.3) is 0 Å². The van der Waals surface area contributed by atoms with Crippen molar-refractivity contribution in [2.24, 2.45) is 5.92 Å². The van der Waals surface area contributed by atoms with Crippen LogP contribution in [0, 0.1) is 5.92 Å². The molecule has 3 saturated heterocycles. The molecule has 3 nitrogen and oxygen atoms in total. The smallest absolute Gasteiger partial charge is 0.213 e. The fraction of sp³-hybridized carbons (Fsp3) is 0.583. The van der Waals surface area contributed by atoms with E-state index in [1.54, 1.807) is 6.20 Å². The average Bonchev–Trinajstić information content (AvgIpc) is 2.32. The standard InChI is InChI=1S/C12H16N2O/c1-2-6-13-12(3-1)15-11-9-14-7-4-10(11)5-8-14/h1-3,6,10-11H,4-5,7-9H2. The van der Waals surface area contributed by atoms with Crippen molar-refractivity contribution in [3.63, 3.8) is 0 Å². The molecule has 3 aliphatic rings. The minimum absolute atomic E-state index is 0.363. The number of nitrogens with zero attached hydrogens (tertiary/aromatic N) is 2. The molecule has 0 saturated carbocycles. The van der Waals surface area contributed by atoms with Gasteiger partial charge in [-0.3, -0.25) is 4.90 Å². The van der Waals surface area contributed by atoms with E-state index in [1.807, 2.05) is 18.2 Å². The Balaban J connectivity index is 1.69. The number of aromatic nitrogens is 1. The van der Waals surface area contributed by atoms with E-state index >= 15 is 0 Å². The van der Waals surface area contributed by atoms with E-state index in [4.69, 9.17) is 4.74 Å². The summed E-state index contributed by atoms with van der Waals surface area (Å²) in [7, 11) is 0. The molecule has 0 radical (unpaired) electrons. The Bertz CT molecular complexity index is 320. The lowest BCUT2D eigenvalue weighted by Crippen LogP contribution is -2.52. The minimum atomic E-state index is 0.363. The highest BCUT2D eigenvalue weighted by Gasteiger charge is 2.35. The summed E-state index contributed by atoms with van der Waals surface area (Å²) in [5.41, 5.74) is 0. The lowest BCUT2D eigenvalue weighted by Gasteiger charge is -2.44. The molecule has 4 heterocycles. The molecule has 0 amide bonds. The molecule has 80 valence electrons. The van der Waals surface area contributed by atoms with Gasteiger partial charge in [0.15, 0.2) is 0 Å². The van der Waals surface area contributed by atoms with Gasteiger partial charge in [-0.05, 0) is 37.9 Å². The molecule has 3 aliphatic heterocycles. The highest BCUT2D eigenvalue weighted by molar-refractivity contribution is 5.10. The summed E-state index contributed by atoms with van der Waals surface area (Å²) in [6.07, 6.45) is 4.73. The normalized spacial score (nSPS) is 34.0. The van der Waals surface area contributed by atoms with Crippen molar-refractivity contribution in [3.8, 4) is 5.88 Å². The molecule has 15 heavy (non-hydrogen) atoms. The predicted octanol–water partition coefficient (Wildman–Crippen LogP) is 1.55. The van der Waals surface area contributed by atoms with Crippen LogP contribution in [0.25, 0.3) is 0 Å². The molecule has 1 aromatic rings. The summed E-state index contributed by atoms with van der Waals surface area (Å²) in [4.78, 5) is 6.71. The molecule has 4 rings (SSSR count). The number of hydrogen-bond acceptors (Lipinski definition) is 3. The zero-order chi connectivity index (χ0) is 10.1. The zero-order valence-corrected chi connectivity index (χ0v) is 8.80. The third-order valence-corrected chi connectivity index (χ3v) is 3.51. The Hall–Kier alpha value is -1.09. The number of rotatable bonds is 2. The van der Waals surface area contributed by atoms with Gasteiger partial charge in [0.05, 0.1) is 0 Å². The van der Waals surface area contributed by atoms with Crippen LogP contribution in [0.15, 0.2) is 24.4 Å². The van der Waals surface area contributed by atoms with Gasteiger partial charge < -0.3 is 4.74 Å². The summed E-state index contributed by atoms with van der Waals surface area (Å²) in [5, 5.41) is 0. The van der Waals surface area contributed by atoms with Crippen LogP contribution in [-0.2, 0) is 0 Å². The van der Waals surface area contributed by atoms with Gasteiger partial charge in [-0.2, -0.15) is 0 Å². The van der Waals surface area contributed by atoms with Crippen molar-refractivity contribution in [1.29, 1.82) is 0 Å². The van der Waals surface area contributed by atoms with Gasteiger partial charge in [-0.25, -0.2) is 4.98 Å².